The molecular formula is C15H19N. The topological polar surface area (TPSA) is 4.93 Å². The van der Waals surface area contributed by atoms with E-state index in [-0.39, 0.29) is 0 Å². The fraction of sp³-hybridized carbons (Fsp3) is 0.333. The lowest BCUT2D eigenvalue weighted by Gasteiger charge is -2.07. The number of aromatic nitrogens is 1. The summed E-state index contributed by atoms with van der Waals surface area (Å²) in [5.74, 6) is 0. The van der Waals surface area contributed by atoms with E-state index in [2.05, 4.69) is 50.6 Å². The zero-order chi connectivity index (χ0) is 11.9. The third-order valence-electron chi connectivity index (χ3n) is 3.16. The molecule has 1 heteroatoms. The highest BCUT2D eigenvalue weighted by molar-refractivity contribution is 5.85. The first kappa shape index (κ1) is 11.0. The summed E-state index contributed by atoms with van der Waals surface area (Å²) >= 11 is 0. The van der Waals surface area contributed by atoms with Crippen LogP contribution in [-0.2, 0) is 6.54 Å². The Kier molecular flexibility index (Phi) is 2.63. The van der Waals surface area contributed by atoms with Crippen LogP contribution in [-0.4, -0.2) is 4.57 Å². The fourth-order valence-electron chi connectivity index (χ4n) is 2.47. The molecule has 0 saturated heterocycles. The minimum atomic E-state index is 1.02. The summed E-state index contributed by atoms with van der Waals surface area (Å²) in [7, 11) is 0. The zero-order valence-electron chi connectivity index (χ0n) is 10.4. The van der Waals surface area contributed by atoms with E-state index < -0.39 is 0 Å². The van der Waals surface area contributed by atoms with E-state index in [1.807, 2.05) is 0 Å². The highest BCUT2D eigenvalue weighted by Gasteiger charge is 2.07. The number of aryl methyl sites for hydroxylation is 3. The van der Waals surface area contributed by atoms with Gasteiger partial charge in [0.25, 0.3) is 0 Å². The van der Waals surface area contributed by atoms with Crippen molar-refractivity contribution in [3.05, 3.63) is 33.8 Å². The summed E-state index contributed by atoms with van der Waals surface area (Å²) in [6.45, 7) is 15.8. The molecule has 2 rings (SSSR count). The standard InChI is InChI=1S/C15H19N/c1-6-7-16-13(5)12(4)14-9-10(2)8-11(3)15(14)16/h8-9H,4-7H2,1-3H3. The number of benzene rings is 1. The van der Waals surface area contributed by atoms with Gasteiger partial charge in [-0.3, -0.25) is 0 Å². The minimum absolute atomic E-state index is 1.02. The van der Waals surface area contributed by atoms with E-state index in [4.69, 9.17) is 0 Å². The number of hydrogen-bond donors (Lipinski definition) is 0. The highest BCUT2D eigenvalue weighted by atomic mass is 15.0. The highest BCUT2D eigenvalue weighted by Crippen LogP contribution is 2.17. The molecule has 1 heterocycles. The predicted molar refractivity (Wildman–Crippen MR) is 72.0 cm³/mol. The van der Waals surface area contributed by atoms with Gasteiger partial charge in [-0.2, -0.15) is 0 Å². The van der Waals surface area contributed by atoms with Gasteiger partial charge in [0.15, 0.2) is 0 Å². The van der Waals surface area contributed by atoms with E-state index in [1.165, 1.54) is 22.0 Å². The summed E-state index contributed by atoms with van der Waals surface area (Å²) in [5, 5.41) is 3.40. The van der Waals surface area contributed by atoms with Gasteiger partial charge in [0, 0.05) is 17.3 Å². The van der Waals surface area contributed by atoms with Crippen LogP contribution in [0.3, 0.4) is 0 Å². The quantitative estimate of drug-likeness (QED) is 0.722. The maximum absolute atomic E-state index is 4.15. The van der Waals surface area contributed by atoms with Gasteiger partial charge in [0.1, 0.15) is 0 Å². The lowest BCUT2D eigenvalue weighted by atomic mass is 10.1. The maximum Gasteiger partial charge on any atom is 0.0520 e. The number of hydrogen-bond acceptors (Lipinski definition) is 0. The fourth-order valence-corrected chi connectivity index (χ4v) is 2.47. The van der Waals surface area contributed by atoms with Crippen LogP contribution in [0, 0.1) is 13.8 Å². The summed E-state index contributed by atoms with van der Waals surface area (Å²) in [5.41, 5.74) is 3.93. The molecule has 2 aromatic rings. The van der Waals surface area contributed by atoms with Gasteiger partial charge in [-0.25, -0.2) is 0 Å². The first-order valence-corrected chi connectivity index (χ1v) is 5.83. The van der Waals surface area contributed by atoms with Gasteiger partial charge in [-0.1, -0.05) is 31.7 Å². The molecule has 0 radical (unpaired) electrons. The van der Waals surface area contributed by atoms with Gasteiger partial charge in [0.05, 0.1) is 5.52 Å². The largest absolute Gasteiger partial charge is 0.341 e. The van der Waals surface area contributed by atoms with Gasteiger partial charge in [0.2, 0.25) is 0 Å². The average molecular weight is 213 g/mol. The molecule has 0 aliphatic carbocycles. The smallest absolute Gasteiger partial charge is 0.0520 e. The second-order valence-corrected chi connectivity index (χ2v) is 4.55. The Hall–Kier alpha value is -1.50. The molecule has 0 saturated carbocycles. The number of rotatable bonds is 2. The molecule has 1 nitrogen and oxygen atoms in total. The van der Waals surface area contributed by atoms with Crippen molar-refractivity contribution in [3.8, 4) is 0 Å². The second-order valence-electron chi connectivity index (χ2n) is 4.55. The van der Waals surface area contributed by atoms with Crippen molar-refractivity contribution in [2.24, 2.45) is 0 Å². The van der Waals surface area contributed by atoms with Crippen molar-refractivity contribution in [3.63, 3.8) is 0 Å². The summed E-state index contributed by atoms with van der Waals surface area (Å²) in [6, 6.07) is 4.44. The van der Waals surface area contributed by atoms with Crippen molar-refractivity contribution in [2.45, 2.75) is 33.7 Å². The first-order chi connectivity index (χ1) is 7.56. The molecule has 1 aromatic carbocycles. The Morgan fingerprint density at radius 3 is 2.50 bits per heavy atom. The van der Waals surface area contributed by atoms with E-state index in [9.17, 15) is 0 Å². The molecular weight excluding hydrogens is 194 g/mol. The number of fused-ring (bicyclic) bond motifs is 1. The second kappa shape index (κ2) is 3.82. The Morgan fingerprint density at radius 2 is 1.88 bits per heavy atom. The van der Waals surface area contributed by atoms with Gasteiger partial charge in [-0.05, 0) is 37.1 Å². The molecule has 84 valence electrons. The molecule has 16 heavy (non-hydrogen) atoms. The first-order valence-electron chi connectivity index (χ1n) is 5.83. The lowest BCUT2D eigenvalue weighted by molar-refractivity contribution is 0.685. The summed E-state index contributed by atoms with van der Waals surface area (Å²) < 4.78 is 2.30. The van der Waals surface area contributed by atoms with Crippen molar-refractivity contribution < 1.29 is 0 Å². The Morgan fingerprint density at radius 1 is 1.19 bits per heavy atom. The Labute approximate surface area is 96.7 Å². The van der Waals surface area contributed by atoms with Gasteiger partial charge < -0.3 is 4.57 Å². The molecule has 0 fully saturated rings. The molecule has 0 unspecified atom stereocenters. The van der Waals surface area contributed by atoms with Crippen LogP contribution in [0.25, 0.3) is 24.1 Å². The minimum Gasteiger partial charge on any atom is -0.341 e. The van der Waals surface area contributed by atoms with E-state index in [1.54, 1.807) is 0 Å². The molecule has 0 aliphatic heterocycles. The summed E-state index contributed by atoms with van der Waals surface area (Å²) in [6.07, 6.45) is 1.12. The van der Waals surface area contributed by atoms with Crippen molar-refractivity contribution in [1.82, 2.24) is 4.57 Å². The molecule has 0 atom stereocenters. The van der Waals surface area contributed by atoms with Crippen LogP contribution in [0.5, 0.6) is 0 Å². The predicted octanol–water partition coefficient (Wildman–Crippen LogP) is 2.49. The van der Waals surface area contributed by atoms with E-state index >= 15 is 0 Å². The number of nitrogens with zero attached hydrogens (tertiary/aromatic N) is 1. The van der Waals surface area contributed by atoms with Crippen molar-refractivity contribution >= 4 is 24.1 Å². The Balaban J connectivity index is 2.97. The normalized spacial score (nSPS) is 11.2. The third kappa shape index (κ3) is 1.47. The molecule has 0 N–H and O–H groups in total. The van der Waals surface area contributed by atoms with E-state index in [0.29, 0.717) is 0 Å². The van der Waals surface area contributed by atoms with Crippen molar-refractivity contribution in [1.29, 1.82) is 0 Å². The molecule has 0 spiro atoms. The molecule has 0 bridgehead atoms. The van der Waals surface area contributed by atoms with Crippen LogP contribution in [0.2, 0.25) is 0 Å². The summed E-state index contributed by atoms with van der Waals surface area (Å²) in [4.78, 5) is 0. The van der Waals surface area contributed by atoms with Crippen LogP contribution in [0.4, 0.5) is 0 Å². The molecule has 1 aromatic heterocycles. The zero-order valence-corrected chi connectivity index (χ0v) is 10.4. The molecule has 0 aliphatic rings. The SMILES string of the molecule is C=c1c(=C)n(CCC)c2c(C)cc(C)cc12. The third-order valence-corrected chi connectivity index (χ3v) is 3.16. The lowest BCUT2D eigenvalue weighted by Crippen LogP contribution is -2.26. The van der Waals surface area contributed by atoms with Crippen LogP contribution in [0.1, 0.15) is 24.5 Å². The van der Waals surface area contributed by atoms with Crippen LogP contribution >= 0.6 is 0 Å². The monoisotopic (exact) mass is 213 g/mol. The van der Waals surface area contributed by atoms with Gasteiger partial charge in [-0.15, -0.1) is 0 Å². The average Bonchev–Trinajstić information content (AvgIpc) is 2.44. The van der Waals surface area contributed by atoms with Crippen molar-refractivity contribution in [2.75, 3.05) is 0 Å². The maximum atomic E-state index is 4.15. The van der Waals surface area contributed by atoms with Crippen LogP contribution < -0.4 is 10.6 Å². The van der Waals surface area contributed by atoms with Gasteiger partial charge >= 0.3 is 0 Å². The van der Waals surface area contributed by atoms with E-state index in [0.717, 1.165) is 23.5 Å². The Bertz CT molecular complexity index is 632. The van der Waals surface area contributed by atoms with Crippen LogP contribution in [0.15, 0.2) is 12.1 Å². The molecule has 0 amide bonds.